The van der Waals surface area contributed by atoms with E-state index in [2.05, 4.69) is 6.07 Å². The second kappa shape index (κ2) is 4.54. The summed E-state index contributed by atoms with van der Waals surface area (Å²) in [6.07, 6.45) is 0.503. The van der Waals surface area contributed by atoms with Gasteiger partial charge in [0.05, 0.1) is 31.3 Å². The standard InChI is InChI=1S/C13H15NO2/c1-2-16-12-5-3-4-11(8-12)13(6-7-14)9-15-10-13/h3-5,8H,2,6,9-10H2,1H3. The third kappa shape index (κ3) is 1.89. The summed E-state index contributed by atoms with van der Waals surface area (Å²) in [6, 6.07) is 10.2. The number of nitriles is 1. The lowest BCUT2D eigenvalue weighted by molar-refractivity contribution is -0.0577. The van der Waals surface area contributed by atoms with Crippen LogP contribution in [0.2, 0.25) is 0 Å². The number of nitrogens with zero attached hydrogens (tertiary/aromatic N) is 1. The van der Waals surface area contributed by atoms with Crippen LogP contribution in [0.3, 0.4) is 0 Å². The van der Waals surface area contributed by atoms with Crippen molar-refractivity contribution in [2.45, 2.75) is 18.8 Å². The van der Waals surface area contributed by atoms with Gasteiger partial charge in [-0.05, 0) is 24.6 Å². The zero-order valence-electron chi connectivity index (χ0n) is 9.40. The molecule has 1 saturated heterocycles. The minimum atomic E-state index is -0.109. The fourth-order valence-corrected chi connectivity index (χ4v) is 1.95. The monoisotopic (exact) mass is 217 g/mol. The van der Waals surface area contributed by atoms with Gasteiger partial charge in [0.1, 0.15) is 5.75 Å². The highest BCUT2D eigenvalue weighted by atomic mass is 16.5. The van der Waals surface area contributed by atoms with Crippen LogP contribution in [-0.4, -0.2) is 19.8 Å². The molecule has 3 nitrogen and oxygen atoms in total. The Morgan fingerprint density at radius 3 is 2.88 bits per heavy atom. The molecule has 0 spiro atoms. The molecule has 0 aliphatic carbocycles. The van der Waals surface area contributed by atoms with Crippen molar-refractivity contribution in [2.75, 3.05) is 19.8 Å². The molecule has 1 aliphatic heterocycles. The van der Waals surface area contributed by atoms with Crippen LogP contribution in [0, 0.1) is 11.3 Å². The summed E-state index contributed by atoms with van der Waals surface area (Å²) < 4.78 is 10.7. The van der Waals surface area contributed by atoms with Crippen LogP contribution in [0.4, 0.5) is 0 Å². The molecular formula is C13H15NO2. The van der Waals surface area contributed by atoms with Crippen molar-refractivity contribution in [2.24, 2.45) is 0 Å². The average Bonchev–Trinajstić information content (AvgIpc) is 2.24. The van der Waals surface area contributed by atoms with Crippen LogP contribution >= 0.6 is 0 Å². The first kappa shape index (κ1) is 11.0. The summed E-state index contributed by atoms with van der Waals surface area (Å²) >= 11 is 0. The van der Waals surface area contributed by atoms with E-state index in [4.69, 9.17) is 14.7 Å². The molecule has 1 fully saturated rings. The topological polar surface area (TPSA) is 42.2 Å². The second-order valence-electron chi connectivity index (χ2n) is 4.07. The van der Waals surface area contributed by atoms with E-state index in [1.807, 2.05) is 31.2 Å². The van der Waals surface area contributed by atoms with Crippen molar-refractivity contribution >= 4 is 0 Å². The molecule has 16 heavy (non-hydrogen) atoms. The van der Waals surface area contributed by atoms with Gasteiger partial charge >= 0.3 is 0 Å². The molecular weight excluding hydrogens is 202 g/mol. The summed E-state index contributed by atoms with van der Waals surface area (Å²) in [5.41, 5.74) is 1.04. The van der Waals surface area contributed by atoms with Gasteiger partial charge in [-0.25, -0.2) is 0 Å². The average molecular weight is 217 g/mol. The maximum Gasteiger partial charge on any atom is 0.119 e. The number of ether oxygens (including phenoxy) is 2. The van der Waals surface area contributed by atoms with Gasteiger partial charge in [-0.3, -0.25) is 0 Å². The number of hydrogen-bond acceptors (Lipinski definition) is 3. The maximum atomic E-state index is 8.86. The number of benzene rings is 1. The van der Waals surface area contributed by atoms with E-state index in [-0.39, 0.29) is 5.41 Å². The first-order valence-electron chi connectivity index (χ1n) is 5.49. The first-order chi connectivity index (χ1) is 7.80. The first-order valence-corrected chi connectivity index (χ1v) is 5.49. The quantitative estimate of drug-likeness (QED) is 0.777. The summed E-state index contributed by atoms with van der Waals surface area (Å²) in [5.74, 6) is 0.865. The molecule has 0 amide bonds. The third-order valence-electron chi connectivity index (χ3n) is 2.93. The van der Waals surface area contributed by atoms with Crippen LogP contribution in [0.5, 0.6) is 5.75 Å². The zero-order valence-corrected chi connectivity index (χ0v) is 9.40. The Morgan fingerprint density at radius 1 is 1.50 bits per heavy atom. The number of hydrogen-bond donors (Lipinski definition) is 0. The van der Waals surface area contributed by atoms with Gasteiger partial charge in [0.15, 0.2) is 0 Å². The molecule has 84 valence electrons. The van der Waals surface area contributed by atoms with Crippen LogP contribution in [0.25, 0.3) is 0 Å². The number of rotatable bonds is 4. The minimum Gasteiger partial charge on any atom is -0.494 e. The highest BCUT2D eigenvalue weighted by Gasteiger charge is 2.40. The highest BCUT2D eigenvalue weighted by molar-refractivity contribution is 5.36. The summed E-state index contributed by atoms with van der Waals surface area (Å²) in [5, 5.41) is 8.86. The molecule has 2 rings (SSSR count). The molecule has 1 aromatic rings. The zero-order chi connectivity index (χ0) is 11.4. The van der Waals surface area contributed by atoms with Crippen molar-refractivity contribution < 1.29 is 9.47 Å². The Bertz CT molecular complexity index is 405. The van der Waals surface area contributed by atoms with E-state index < -0.39 is 0 Å². The van der Waals surface area contributed by atoms with Crippen LogP contribution < -0.4 is 4.74 Å². The molecule has 3 heteroatoms. The Morgan fingerprint density at radius 2 is 2.31 bits per heavy atom. The Labute approximate surface area is 95.6 Å². The van der Waals surface area contributed by atoms with E-state index >= 15 is 0 Å². The summed E-state index contributed by atoms with van der Waals surface area (Å²) in [6.45, 7) is 3.89. The van der Waals surface area contributed by atoms with E-state index in [0.29, 0.717) is 26.2 Å². The molecule has 1 aromatic carbocycles. The van der Waals surface area contributed by atoms with Gasteiger partial charge in [-0.15, -0.1) is 0 Å². The predicted octanol–water partition coefficient (Wildman–Crippen LogP) is 2.27. The van der Waals surface area contributed by atoms with E-state index in [1.165, 1.54) is 0 Å². The fraction of sp³-hybridized carbons (Fsp3) is 0.462. The Kier molecular flexibility index (Phi) is 3.12. The van der Waals surface area contributed by atoms with Crippen LogP contribution in [-0.2, 0) is 10.2 Å². The van der Waals surface area contributed by atoms with Crippen molar-refractivity contribution in [3.63, 3.8) is 0 Å². The molecule has 0 unspecified atom stereocenters. The van der Waals surface area contributed by atoms with Gasteiger partial charge in [0, 0.05) is 6.42 Å². The van der Waals surface area contributed by atoms with E-state index in [9.17, 15) is 0 Å². The van der Waals surface area contributed by atoms with Gasteiger partial charge in [-0.2, -0.15) is 5.26 Å². The summed E-state index contributed by atoms with van der Waals surface area (Å²) in [4.78, 5) is 0. The second-order valence-corrected chi connectivity index (χ2v) is 4.07. The minimum absolute atomic E-state index is 0.109. The molecule has 0 radical (unpaired) electrons. The van der Waals surface area contributed by atoms with E-state index in [0.717, 1.165) is 11.3 Å². The molecule has 0 N–H and O–H groups in total. The lowest BCUT2D eigenvalue weighted by atomic mass is 9.76. The fourth-order valence-electron chi connectivity index (χ4n) is 1.95. The van der Waals surface area contributed by atoms with Gasteiger partial charge in [-0.1, -0.05) is 12.1 Å². The van der Waals surface area contributed by atoms with Crippen molar-refractivity contribution in [1.29, 1.82) is 5.26 Å². The predicted molar refractivity (Wildman–Crippen MR) is 60.3 cm³/mol. The van der Waals surface area contributed by atoms with Gasteiger partial charge in [0.25, 0.3) is 0 Å². The van der Waals surface area contributed by atoms with Gasteiger partial charge in [0.2, 0.25) is 0 Å². The Balaban J connectivity index is 2.25. The third-order valence-corrected chi connectivity index (χ3v) is 2.93. The normalized spacial score (nSPS) is 17.2. The smallest absolute Gasteiger partial charge is 0.119 e. The van der Waals surface area contributed by atoms with Crippen molar-refractivity contribution in [3.8, 4) is 11.8 Å². The largest absolute Gasteiger partial charge is 0.494 e. The van der Waals surface area contributed by atoms with Crippen LogP contribution in [0.15, 0.2) is 24.3 Å². The van der Waals surface area contributed by atoms with Gasteiger partial charge < -0.3 is 9.47 Å². The maximum absolute atomic E-state index is 8.86. The highest BCUT2D eigenvalue weighted by Crippen LogP contribution is 2.36. The Hall–Kier alpha value is -1.53. The summed E-state index contributed by atoms with van der Waals surface area (Å²) in [7, 11) is 0. The van der Waals surface area contributed by atoms with Crippen molar-refractivity contribution in [1.82, 2.24) is 0 Å². The van der Waals surface area contributed by atoms with Crippen molar-refractivity contribution in [3.05, 3.63) is 29.8 Å². The van der Waals surface area contributed by atoms with E-state index in [1.54, 1.807) is 0 Å². The molecule has 0 saturated carbocycles. The molecule has 1 aliphatic rings. The SMILES string of the molecule is CCOc1cccc(C2(CC#N)COC2)c1. The molecule has 1 heterocycles. The lowest BCUT2D eigenvalue weighted by Gasteiger charge is -2.40. The van der Waals surface area contributed by atoms with Crippen LogP contribution in [0.1, 0.15) is 18.9 Å². The molecule has 0 bridgehead atoms. The molecule has 0 atom stereocenters. The molecule has 0 aromatic heterocycles. The lowest BCUT2D eigenvalue weighted by Crippen LogP contribution is -2.46.